The van der Waals surface area contributed by atoms with E-state index in [4.69, 9.17) is 11.6 Å². The van der Waals surface area contributed by atoms with Crippen molar-refractivity contribution in [3.8, 4) is 16.9 Å². The van der Waals surface area contributed by atoms with Crippen LogP contribution in [-0.2, 0) is 0 Å². The molecule has 0 amide bonds. The van der Waals surface area contributed by atoms with Crippen LogP contribution in [0.1, 0.15) is 0 Å². The summed E-state index contributed by atoms with van der Waals surface area (Å²) in [7, 11) is 0. The standard InChI is InChI=1S/C15H9ClFNO2/c16-9-3-6-11-12(7-9)18-15(20)13(14(11)19)8-1-4-10(17)5-2-8/h1-7H,(H2,18,19,20). The number of hydrogen-bond donors (Lipinski definition) is 2. The molecule has 2 N–H and O–H groups in total. The van der Waals surface area contributed by atoms with Crippen molar-refractivity contribution in [2.24, 2.45) is 0 Å². The van der Waals surface area contributed by atoms with Gasteiger partial charge in [0.25, 0.3) is 5.56 Å². The first-order valence-electron chi connectivity index (χ1n) is 5.87. The van der Waals surface area contributed by atoms with Crippen molar-refractivity contribution in [2.45, 2.75) is 0 Å². The number of hydrogen-bond acceptors (Lipinski definition) is 2. The highest BCUT2D eigenvalue weighted by Gasteiger charge is 2.14. The number of rotatable bonds is 1. The molecule has 0 spiro atoms. The number of fused-ring (bicyclic) bond motifs is 1. The molecule has 3 rings (SSSR count). The summed E-state index contributed by atoms with van der Waals surface area (Å²) >= 11 is 5.85. The summed E-state index contributed by atoms with van der Waals surface area (Å²) < 4.78 is 12.9. The summed E-state index contributed by atoms with van der Waals surface area (Å²) in [5, 5.41) is 11.2. The summed E-state index contributed by atoms with van der Waals surface area (Å²) in [6, 6.07) is 10.2. The predicted octanol–water partition coefficient (Wildman–Crippen LogP) is 3.69. The van der Waals surface area contributed by atoms with Gasteiger partial charge >= 0.3 is 0 Å². The van der Waals surface area contributed by atoms with E-state index >= 15 is 0 Å². The van der Waals surface area contributed by atoms with Crippen LogP contribution < -0.4 is 5.56 Å². The third-order valence-corrected chi connectivity index (χ3v) is 3.32. The molecule has 20 heavy (non-hydrogen) atoms. The van der Waals surface area contributed by atoms with Crippen LogP contribution in [0.2, 0.25) is 5.02 Å². The SMILES string of the molecule is O=c1[nH]c2cc(Cl)ccc2c(O)c1-c1ccc(F)cc1. The van der Waals surface area contributed by atoms with Gasteiger partial charge in [-0.15, -0.1) is 0 Å². The molecular formula is C15H9ClFNO2. The molecule has 0 atom stereocenters. The molecule has 100 valence electrons. The Morgan fingerprint density at radius 1 is 1.10 bits per heavy atom. The molecule has 3 nitrogen and oxygen atoms in total. The second-order valence-electron chi connectivity index (χ2n) is 4.37. The first-order chi connectivity index (χ1) is 9.56. The summed E-state index contributed by atoms with van der Waals surface area (Å²) in [4.78, 5) is 14.8. The number of halogens is 2. The van der Waals surface area contributed by atoms with Crippen molar-refractivity contribution in [3.63, 3.8) is 0 Å². The Labute approximate surface area is 118 Å². The molecule has 0 radical (unpaired) electrons. The first-order valence-corrected chi connectivity index (χ1v) is 6.24. The number of benzene rings is 2. The number of pyridine rings is 1. The maximum Gasteiger partial charge on any atom is 0.260 e. The summed E-state index contributed by atoms with van der Waals surface area (Å²) in [5.41, 5.74) is 0.552. The van der Waals surface area contributed by atoms with E-state index in [1.54, 1.807) is 18.2 Å². The van der Waals surface area contributed by atoms with Crippen molar-refractivity contribution in [1.29, 1.82) is 0 Å². The second kappa shape index (κ2) is 4.65. The van der Waals surface area contributed by atoms with Crippen LogP contribution in [0.5, 0.6) is 5.75 Å². The number of aromatic hydroxyl groups is 1. The molecule has 0 unspecified atom stereocenters. The molecule has 0 saturated heterocycles. The largest absolute Gasteiger partial charge is 0.506 e. The van der Waals surface area contributed by atoms with Crippen LogP contribution >= 0.6 is 11.6 Å². The normalized spacial score (nSPS) is 10.9. The Morgan fingerprint density at radius 3 is 2.50 bits per heavy atom. The van der Waals surface area contributed by atoms with E-state index in [0.29, 0.717) is 21.5 Å². The molecule has 3 aromatic rings. The van der Waals surface area contributed by atoms with Gasteiger partial charge in [0.05, 0.1) is 11.1 Å². The van der Waals surface area contributed by atoms with Crippen LogP contribution in [-0.4, -0.2) is 10.1 Å². The molecule has 1 heterocycles. The van der Waals surface area contributed by atoms with Gasteiger partial charge in [-0.05, 0) is 35.9 Å². The molecule has 0 aliphatic heterocycles. The number of aromatic nitrogens is 1. The molecule has 0 fully saturated rings. The Morgan fingerprint density at radius 2 is 1.80 bits per heavy atom. The maximum absolute atomic E-state index is 12.9. The van der Waals surface area contributed by atoms with E-state index in [0.717, 1.165) is 0 Å². The molecule has 0 aliphatic carbocycles. The fourth-order valence-corrected chi connectivity index (χ4v) is 2.31. The van der Waals surface area contributed by atoms with E-state index in [9.17, 15) is 14.3 Å². The van der Waals surface area contributed by atoms with Crippen LogP contribution in [0.25, 0.3) is 22.0 Å². The van der Waals surface area contributed by atoms with Crippen LogP contribution in [0.15, 0.2) is 47.3 Å². The van der Waals surface area contributed by atoms with Crippen molar-refractivity contribution >= 4 is 22.5 Å². The van der Waals surface area contributed by atoms with E-state index in [1.807, 2.05) is 0 Å². The molecular weight excluding hydrogens is 281 g/mol. The average molecular weight is 290 g/mol. The average Bonchev–Trinajstić information content (AvgIpc) is 2.40. The van der Waals surface area contributed by atoms with Gasteiger partial charge in [-0.25, -0.2) is 4.39 Å². The van der Waals surface area contributed by atoms with Crippen LogP contribution in [0.3, 0.4) is 0 Å². The molecule has 5 heteroatoms. The fraction of sp³-hybridized carbons (Fsp3) is 0. The van der Waals surface area contributed by atoms with Gasteiger partial charge in [-0.1, -0.05) is 23.7 Å². The van der Waals surface area contributed by atoms with Crippen LogP contribution in [0.4, 0.5) is 4.39 Å². The number of H-pyrrole nitrogens is 1. The van der Waals surface area contributed by atoms with Gasteiger partial charge in [0.15, 0.2) is 0 Å². The van der Waals surface area contributed by atoms with Crippen LogP contribution in [0, 0.1) is 5.82 Å². The third kappa shape index (κ3) is 2.04. The molecule has 2 aromatic carbocycles. The zero-order valence-corrected chi connectivity index (χ0v) is 10.9. The summed E-state index contributed by atoms with van der Waals surface area (Å²) in [5.74, 6) is -0.552. The smallest absolute Gasteiger partial charge is 0.260 e. The van der Waals surface area contributed by atoms with Gasteiger partial charge in [0.2, 0.25) is 0 Å². The minimum atomic E-state index is -0.455. The number of nitrogens with one attached hydrogen (secondary N) is 1. The van der Waals surface area contributed by atoms with E-state index in [1.165, 1.54) is 24.3 Å². The monoisotopic (exact) mass is 289 g/mol. The first kappa shape index (κ1) is 12.7. The predicted molar refractivity (Wildman–Crippen MR) is 76.6 cm³/mol. The maximum atomic E-state index is 12.9. The van der Waals surface area contributed by atoms with E-state index < -0.39 is 11.4 Å². The molecule has 0 saturated carbocycles. The van der Waals surface area contributed by atoms with Gasteiger partial charge in [-0.3, -0.25) is 4.79 Å². The zero-order valence-electron chi connectivity index (χ0n) is 10.2. The Bertz CT molecular complexity index is 856. The van der Waals surface area contributed by atoms with Crippen molar-refractivity contribution in [1.82, 2.24) is 4.98 Å². The molecule has 1 aromatic heterocycles. The van der Waals surface area contributed by atoms with Crippen molar-refractivity contribution in [3.05, 3.63) is 63.7 Å². The minimum absolute atomic E-state index is 0.111. The zero-order chi connectivity index (χ0) is 14.3. The van der Waals surface area contributed by atoms with Gasteiger partial charge in [0, 0.05) is 10.4 Å². The van der Waals surface area contributed by atoms with Crippen molar-refractivity contribution < 1.29 is 9.50 Å². The minimum Gasteiger partial charge on any atom is -0.506 e. The summed E-state index contributed by atoms with van der Waals surface area (Å²) in [6.45, 7) is 0. The highest BCUT2D eigenvalue weighted by atomic mass is 35.5. The molecule has 0 bridgehead atoms. The Balaban J connectivity index is 2.34. The highest BCUT2D eigenvalue weighted by Crippen LogP contribution is 2.32. The van der Waals surface area contributed by atoms with Crippen molar-refractivity contribution in [2.75, 3.05) is 0 Å². The number of aromatic amines is 1. The lowest BCUT2D eigenvalue weighted by Gasteiger charge is -2.08. The summed E-state index contributed by atoms with van der Waals surface area (Å²) in [6.07, 6.45) is 0. The highest BCUT2D eigenvalue weighted by molar-refractivity contribution is 6.31. The lowest BCUT2D eigenvalue weighted by molar-refractivity contribution is 0.482. The fourth-order valence-electron chi connectivity index (χ4n) is 2.14. The Hall–Kier alpha value is -2.33. The molecule has 0 aliphatic rings. The van der Waals surface area contributed by atoms with E-state index in [-0.39, 0.29) is 11.3 Å². The van der Waals surface area contributed by atoms with Gasteiger partial charge in [0.1, 0.15) is 11.6 Å². The third-order valence-electron chi connectivity index (χ3n) is 3.08. The topological polar surface area (TPSA) is 53.1 Å². The second-order valence-corrected chi connectivity index (χ2v) is 4.81. The van der Waals surface area contributed by atoms with E-state index in [2.05, 4.69) is 4.98 Å². The quantitative estimate of drug-likeness (QED) is 0.718. The lowest BCUT2D eigenvalue weighted by atomic mass is 10.0. The van der Waals surface area contributed by atoms with Gasteiger partial charge < -0.3 is 10.1 Å². The Kier molecular flexibility index (Phi) is 2.95. The van der Waals surface area contributed by atoms with Gasteiger partial charge in [-0.2, -0.15) is 0 Å². The lowest BCUT2D eigenvalue weighted by Crippen LogP contribution is -2.09.